The fraction of sp³-hybridized carbons (Fsp3) is 0.421. The van der Waals surface area contributed by atoms with Crippen LogP contribution in [0.3, 0.4) is 0 Å². The maximum absolute atomic E-state index is 12.9. The lowest BCUT2D eigenvalue weighted by atomic mass is 10.2. The molecule has 0 spiro atoms. The fourth-order valence-electron chi connectivity index (χ4n) is 3.37. The van der Waals surface area contributed by atoms with Crippen molar-refractivity contribution in [1.29, 1.82) is 0 Å². The Kier molecular flexibility index (Phi) is 5.23. The molecule has 2 aromatic rings. The minimum atomic E-state index is -3.53. The van der Waals surface area contributed by atoms with Crippen LogP contribution in [0.15, 0.2) is 29.2 Å². The normalized spacial score (nSPS) is 16.1. The number of aryl methyl sites for hydroxylation is 4. The van der Waals surface area contributed by atoms with Crippen molar-refractivity contribution >= 4 is 27.3 Å². The summed E-state index contributed by atoms with van der Waals surface area (Å²) < 4.78 is 27.4. The second kappa shape index (κ2) is 7.13. The molecule has 140 valence electrons. The van der Waals surface area contributed by atoms with Crippen molar-refractivity contribution in [2.24, 2.45) is 0 Å². The standard InChI is InChI=1S/C19H24N2O3S2/c1-13-5-6-18(14(2)11-13)26(23,24)21-9-7-20(8-10-21)19(22)17-12-15(3)25-16(17)4/h5-6,11-12H,7-10H2,1-4H3. The van der Waals surface area contributed by atoms with E-state index in [0.717, 1.165) is 26.4 Å². The van der Waals surface area contributed by atoms with Crippen LogP contribution in [0, 0.1) is 27.7 Å². The van der Waals surface area contributed by atoms with Crippen LogP contribution in [0.5, 0.6) is 0 Å². The lowest BCUT2D eigenvalue weighted by Gasteiger charge is -2.34. The van der Waals surface area contributed by atoms with Gasteiger partial charge in [-0.25, -0.2) is 8.42 Å². The molecule has 3 rings (SSSR count). The second-order valence-electron chi connectivity index (χ2n) is 6.79. The second-order valence-corrected chi connectivity index (χ2v) is 10.2. The molecule has 0 radical (unpaired) electrons. The molecule has 0 saturated carbocycles. The van der Waals surface area contributed by atoms with E-state index in [2.05, 4.69) is 0 Å². The van der Waals surface area contributed by atoms with Crippen LogP contribution in [0.1, 0.15) is 31.2 Å². The highest BCUT2D eigenvalue weighted by Crippen LogP contribution is 2.25. The Labute approximate surface area is 159 Å². The Bertz CT molecular complexity index is 940. The molecule has 1 aliphatic rings. The first-order valence-electron chi connectivity index (χ1n) is 8.64. The number of carbonyl (C=O) groups excluding carboxylic acids is 1. The number of hydrogen-bond donors (Lipinski definition) is 0. The lowest BCUT2D eigenvalue weighted by Crippen LogP contribution is -2.50. The summed E-state index contributed by atoms with van der Waals surface area (Å²) in [5.41, 5.74) is 2.53. The van der Waals surface area contributed by atoms with E-state index in [9.17, 15) is 13.2 Å². The Morgan fingerprint density at radius 3 is 2.19 bits per heavy atom. The van der Waals surface area contributed by atoms with E-state index >= 15 is 0 Å². The van der Waals surface area contributed by atoms with Gasteiger partial charge in [-0.05, 0) is 45.4 Å². The van der Waals surface area contributed by atoms with Crippen molar-refractivity contribution in [3.8, 4) is 0 Å². The SMILES string of the molecule is Cc1ccc(S(=O)(=O)N2CCN(C(=O)c3cc(C)sc3C)CC2)c(C)c1. The first-order chi connectivity index (χ1) is 12.2. The molecule has 2 heterocycles. The molecule has 0 bridgehead atoms. The molecule has 0 N–H and O–H groups in total. The zero-order valence-corrected chi connectivity index (χ0v) is 17.2. The predicted molar refractivity (Wildman–Crippen MR) is 104 cm³/mol. The van der Waals surface area contributed by atoms with Gasteiger partial charge in [-0.15, -0.1) is 11.3 Å². The van der Waals surface area contributed by atoms with Gasteiger partial charge in [0.25, 0.3) is 5.91 Å². The van der Waals surface area contributed by atoms with Crippen LogP contribution in [-0.4, -0.2) is 49.7 Å². The fourth-order valence-corrected chi connectivity index (χ4v) is 5.92. The summed E-state index contributed by atoms with van der Waals surface area (Å²) in [6, 6.07) is 7.30. The zero-order chi connectivity index (χ0) is 19.1. The van der Waals surface area contributed by atoms with Gasteiger partial charge in [-0.2, -0.15) is 4.31 Å². The van der Waals surface area contributed by atoms with Gasteiger partial charge in [0.15, 0.2) is 0 Å². The highest BCUT2D eigenvalue weighted by molar-refractivity contribution is 7.89. The molecule has 0 atom stereocenters. The third kappa shape index (κ3) is 3.56. The van der Waals surface area contributed by atoms with Crippen LogP contribution in [0.4, 0.5) is 0 Å². The Hall–Kier alpha value is -1.70. The van der Waals surface area contributed by atoms with Crippen LogP contribution in [0.25, 0.3) is 0 Å². The van der Waals surface area contributed by atoms with Crippen molar-refractivity contribution in [3.63, 3.8) is 0 Å². The molecule has 0 aliphatic carbocycles. The maximum atomic E-state index is 12.9. The number of hydrogen-bond acceptors (Lipinski definition) is 4. The van der Waals surface area contributed by atoms with Crippen LogP contribution >= 0.6 is 11.3 Å². The van der Waals surface area contributed by atoms with E-state index in [1.54, 1.807) is 22.3 Å². The summed E-state index contributed by atoms with van der Waals surface area (Å²) in [6.07, 6.45) is 0. The third-order valence-corrected chi connectivity index (χ3v) is 7.77. The van der Waals surface area contributed by atoms with Gasteiger partial charge in [0.2, 0.25) is 10.0 Å². The summed E-state index contributed by atoms with van der Waals surface area (Å²) in [5, 5.41) is 0. The quantitative estimate of drug-likeness (QED) is 0.806. The van der Waals surface area contributed by atoms with E-state index in [1.165, 1.54) is 4.31 Å². The van der Waals surface area contributed by atoms with Gasteiger partial charge in [0, 0.05) is 35.9 Å². The van der Waals surface area contributed by atoms with Crippen molar-refractivity contribution in [3.05, 3.63) is 50.7 Å². The molecule has 1 amide bonds. The molecular formula is C19H24N2O3S2. The van der Waals surface area contributed by atoms with Gasteiger partial charge < -0.3 is 4.90 Å². The third-order valence-electron chi connectivity index (χ3n) is 4.75. The first-order valence-corrected chi connectivity index (χ1v) is 10.9. The van der Waals surface area contributed by atoms with Crippen LogP contribution < -0.4 is 0 Å². The van der Waals surface area contributed by atoms with Crippen LogP contribution in [0.2, 0.25) is 0 Å². The number of piperazine rings is 1. The predicted octanol–water partition coefficient (Wildman–Crippen LogP) is 3.13. The Morgan fingerprint density at radius 2 is 1.65 bits per heavy atom. The average Bonchev–Trinajstić information content (AvgIpc) is 2.92. The van der Waals surface area contributed by atoms with E-state index in [-0.39, 0.29) is 5.91 Å². The van der Waals surface area contributed by atoms with Gasteiger partial charge in [0.05, 0.1) is 10.5 Å². The summed E-state index contributed by atoms with van der Waals surface area (Å²) in [6.45, 7) is 9.18. The zero-order valence-electron chi connectivity index (χ0n) is 15.6. The van der Waals surface area contributed by atoms with E-state index in [1.807, 2.05) is 45.9 Å². The Balaban J connectivity index is 1.73. The van der Waals surface area contributed by atoms with Gasteiger partial charge in [-0.3, -0.25) is 4.79 Å². The van der Waals surface area contributed by atoms with Gasteiger partial charge in [-0.1, -0.05) is 17.7 Å². The largest absolute Gasteiger partial charge is 0.336 e. The minimum Gasteiger partial charge on any atom is -0.336 e. The van der Waals surface area contributed by atoms with Crippen molar-refractivity contribution in [2.75, 3.05) is 26.2 Å². The lowest BCUT2D eigenvalue weighted by molar-refractivity contribution is 0.0697. The van der Waals surface area contributed by atoms with E-state index < -0.39 is 10.0 Å². The van der Waals surface area contributed by atoms with E-state index in [4.69, 9.17) is 0 Å². The number of rotatable bonds is 3. The summed E-state index contributed by atoms with van der Waals surface area (Å²) in [5.74, 6) is -0.00425. The molecule has 1 aliphatic heterocycles. The number of benzene rings is 1. The van der Waals surface area contributed by atoms with Crippen LogP contribution in [-0.2, 0) is 10.0 Å². The first kappa shape index (κ1) is 19.1. The minimum absolute atomic E-state index is 0.00425. The topological polar surface area (TPSA) is 57.7 Å². The van der Waals surface area contributed by atoms with Gasteiger partial charge in [0.1, 0.15) is 0 Å². The summed E-state index contributed by atoms with van der Waals surface area (Å²) >= 11 is 1.61. The van der Waals surface area contributed by atoms with Crippen molar-refractivity contribution < 1.29 is 13.2 Å². The monoisotopic (exact) mass is 392 g/mol. The van der Waals surface area contributed by atoms with Crippen molar-refractivity contribution in [1.82, 2.24) is 9.21 Å². The highest BCUT2D eigenvalue weighted by atomic mass is 32.2. The molecule has 1 aromatic carbocycles. The molecule has 1 aromatic heterocycles. The molecule has 0 unspecified atom stereocenters. The highest BCUT2D eigenvalue weighted by Gasteiger charge is 2.31. The van der Waals surface area contributed by atoms with E-state index in [0.29, 0.717) is 31.1 Å². The average molecular weight is 393 g/mol. The molecule has 7 heteroatoms. The molecular weight excluding hydrogens is 368 g/mol. The number of carbonyl (C=O) groups is 1. The molecule has 5 nitrogen and oxygen atoms in total. The molecule has 1 fully saturated rings. The number of nitrogens with zero attached hydrogens (tertiary/aromatic N) is 2. The molecule has 26 heavy (non-hydrogen) atoms. The number of amides is 1. The van der Waals surface area contributed by atoms with Crippen molar-refractivity contribution in [2.45, 2.75) is 32.6 Å². The summed E-state index contributed by atoms with van der Waals surface area (Å²) in [4.78, 5) is 16.9. The molecule has 1 saturated heterocycles. The number of sulfonamides is 1. The smallest absolute Gasteiger partial charge is 0.255 e. The maximum Gasteiger partial charge on any atom is 0.255 e. The Morgan fingerprint density at radius 1 is 1.00 bits per heavy atom. The summed E-state index contributed by atoms with van der Waals surface area (Å²) in [7, 11) is -3.53. The van der Waals surface area contributed by atoms with Gasteiger partial charge >= 0.3 is 0 Å². The number of thiophene rings is 1.